The summed E-state index contributed by atoms with van der Waals surface area (Å²) in [5.74, 6) is -1.18. The van der Waals surface area contributed by atoms with Crippen LogP contribution >= 0.6 is 0 Å². The Morgan fingerprint density at radius 1 is 1.00 bits per heavy atom. The molecule has 1 N–H and O–H groups in total. The number of hydrogen-bond donors (Lipinski definition) is 1. The molecule has 0 aliphatic rings. The Bertz CT molecular complexity index is 923. The van der Waals surface area contributed by atoms with Crippen LogP contribution in [0.2, 0.25) is 0 Å². The van der Waals surface area contributed by atoms with Crippen molar-refractivity contribution in [2.24, 2.45) is 0 Å². The zero-order chi connectivity index (χ0) is 17.6. The second kappa shape index (κ2) is 8.92. The maximum absolute atomic E-state index is 13.6. The van der Waals surface area contributed by atoms with E-state index in [2.05, 4.69) is 0 Å². The third-order valence-electron chi connectivity index (χ3n) is 3.82. The van der Waals surface area contributed by atoms with Gasteiger partial charge in [-0.15, -0.1) is 0 Å². The quantitative estimate of drug-likeness (QED) is 0.683. The number of halogens is 2. The molecule has 3 aromatic rings. The second-order valence-corrected chi connectivity index (χ2v) is 5.66. The molecule has 0 aliphatic heterocycles. The molecule has 0 amide bonds. The topological polar surface area (TPSA) is 41.2 Å². The van der Waals surface area contributed by atoms with Crippen LogP contribution in [0.5, 0.6) is 0 Å². The number of carboxylic acid groups (broad SMARTS) is 1. The van der Waals surface area contributed by atoms with Crippen LogP contribution < -0.4 is 17.0 Å². The lowest BCUT2D eigenvalue weighted by molar-refractivity contribution is -0.688. The average Bonchev–Trinajstić information content (AvgIpc) is 2.62. The molecule has 0 aliphatic carbocycles. The largest absolute Gasteiger partial charge is 1.00 e. The van der Waals surface area contributed by atoms with Crippen LogP contribution in [-0.2, 0) is 6.54 Å². The minimum Gasteiger partial charge on any atom is -1.00 e. The normalized spacial score (nSPS) is 10.5. The summed E-state index contributed by atoms with van der Waals surface area (Å²) in [6.07, 6.45) is 7.42. The number of pyridine rings is 1. The lowest BCUT2D eigenvalue weighted by atomic mass is 10.1. The van der Waals surface area contributed by atoms with Crippen molar-refractivity contribution < 1.29 is 31.3 Å². The smallest absolute Gasteiger partial charge is 0.335 e. The molecule has 0 saturated carbocycles. The average molecular weight is 370 g/mol. The predicted molar refractivity (Wildman–Crippen MR) is 94.5 cm³/mol. The van der Waals surface area contributed by atoms with E-state index < -0.39 is 5.97 Å². The van der Waals surface area contributed by atoms with Crippen LogP contribution in [0, 0.1) is 5.82 Å². The highest BCUT2D eigenvalue weighted by Gasteiger charge is 2.07. The zero-order valence-corrected chi connectivity index (χ0v) is 14.6. The number of rotatable bonds is 5. The Labute approximate surface area is 157 Å². The van der Waals surface area contributed by atoms with Gasteiger partial charge in [0.1, 0.15) is 5.82 Å². The minimum absolute atomic E-state index is 0. The van der Waals surface area contributed by atoms with Gasteiger partial charge in [-0.2, -0.15) is 0 Å². The van der Waals surface area contributed by atoms with E-state index in [1.807, 2.05) is 41.2 Å². The van der Waals surface area contributed by atoms with Crippen molar-refractivity contribution in [3.63, 3.8) is 0 Å². The summed E-state index contributed by atoms with van der Waals surface area (Å²) >= 11 is 0. The van der Waals surface area contributed by atoms with Crippen LogP contribution in [-0.4, -0.2) is 11.1 Å². The first kappa shape index (κ1) is 19.3. The van der Waals surface area contributed by atoms with Gasteiger partial charge in [-0.1, -0.05) is 42.5 Å². The van der Waals surface area contributed by atoms with Gasteiger partial charge in [0.25, 0.3) is 0 Å². The van der Waals surface area contributed by atoms with Crippen molar-refractivity contribution in [2.45, 2.75) is 6.54 Å². The first-order valence-electron chi connectivity index (χ1n) is 7.86. The first-order valence-corrected chi connectivity index (χ1v) is 7.86. The fourth-order valence-corrected chi connectivity index (χ4v) is 2.50. The third kappa shape index (κ3) is 5.01. The number of benzene rings is 2. The zero-order valence-electron chi connectivity index (χ0n) is 13.8. The van der Waals surface area contributed by atoms with Crippen LogP contribution in [0.1, 0.15) is 27.0 Å². The highest BCUT2D eigenvalue weighted by molar-refractivity contribution is 5.87. The molecule has 0 fully saturated rings. The molecule has 0 atom stereocenters. The molecule has 2 aromatic carbocycles. The standard InChI is InChI=1S/C21H16FNO2.ClH/c22-20-7-2-1-5-18(20)9-8-16-10-12-23(13-11-16)15-17-4-3-6-19(14-17)21(24)25;/h1-14H,15H2;1H/b9-8-;. The molecule has 0 unspecified atom stereocenters. The SMILES string of the molecule is O=C(O)c1cccc(C[n+]2ccc(/C=C\c3ccccc3F)cc2)c1.[Cl-]. The summed E-state index contributed by atoms with van der Waals surface area (Å²) in [5.41, 5.74) is 2.70. The van der Waals surface area contributed by atoms with Gasteiger partial charge in [-0.05, 0) is 23.8 Å². The molecule has 3 rings (SSSR count). The number of nitrogens with zero attached hydrogens (tertiary/aromatic N) is 1. The summed E-state index contributed by atoms with van der Waals surface area (Å²) in [7, 11) is 0. The van der Waals surface area contributed by atoms with Gasteiger partial charge < -0.3 is 17.5 Å². The van der Waals surface area contributed by atoms with Gasteiger partial charge >= 0.3 is 5.97 Å². The minimum atomic E-state index is -0.930. The van der Waals surface area contributed by atoms with Crippen molar-refractivity contribution in [3.05, 3.63) is 101 Å². The lowest BCUT2D eigenvalue weighted by Gasteiger charge is -2.00. The summed E-state index contributed by atoms with van der Waals surface area (Å²) in [6.45, 7) is 0.582. The Kier molecular flexibility index (Phi) is 6.64. The van der Waals surface area contributed by atoms with Crippen LogP contribution in [0.15, 0.2) is 73.1 Å². The predicted octanol–water partition coefficient (Wildman–Crippen LogP) is 1.03. The summed E-state index contributed by atoms with van der Waals surface area (Å²) in [6, 6.07) is 17.4. The Morgan fingerprint density at radius 3 is 2.42 bits per heavy atom. The van der Waals surface area contributed by atoms with Crippen molar-refractivity contribution in [3.8, 4) is 0 Å². The third-order valence-corrected chi connectivity index (χ3v) is 3.82. The molecule has 26 heavy (non-hydrogen) atoms. The number of aromatic carboxylic acids is 1. The molecule has 0 radical (unpaired) electrons. The van der Waals surface area contributed by atoms with Crippen molar-refractivity contribution in [1.29, 1.82) is 0 Å². The number of carboxylic acids is 1. The van der Waals surface area contributed by atoms with E-state index in [1.54, 1.807) is 42.5 Å². The van der Waals surface area contributed by atoms with Crippen LogP contribution in [0.3, 0.4) is 0 Å². The Balaban J connectivity index is 0.00000243. The molecule has 0 spiro atoms. The maximum atomic E-state index is 13.6. The molecule has 0 bridgehead atoms. The number of hydrogen-bond acceptors (Lipinski definition) is 1. The van der Waals surface area contributed by atoms with Gasteiger partial charge in [0, 0.05) is 23.3 Å². The van der Waals surface area contributed by atoms with E-state index in [1.165, 1.54) is 6.07 Å². The van der Waals surface area contributed by atoms with E-state index in [9.17, 15) is 9.18 Å². The lowest BCUT2D eigenvalue weighted by Crippen LogP contribution is -3.00. The maximum Gasteiger partial charge on any atom is 0.335 e. The van der Waals surface area contributed by atoms with Gasteiger partial charge in [-0.25, -0.2) is 13.8 Å². The van der Waals surface area contributed by atoms with E-state index in [0.29, 0.717) is 12.1 Å². The van der Waals surface area contributed by atoms with Crippen molar-refractivity contribution in [2.75, 3.05) is 0 Å². The van der Waals surface area contributed by atoms with Crippen LogP contribution in [0.25, 0.3) is 12.2 Å². The molecule has 5 heteroatoms. The van der Waals surface area contributed by atoms with Gasteiger partial charge in [0.05, 0.1) is 5.56 Å². The second-order valence-electron chi connectivity index (χ2n) is 5.66. The molecular formula is C21H17ClFNO2. The van der Waals surface area contributed by atoms with Crippen molar-refractivity contribution in [1.82, 2.24) is 0 Å². The fourth-order valence-electron chi connectivity index (χ4n) is 2.50. The van der Waals surface area contributed by atoms with Gasteiger partial charge in [0.15, 0.2) is 18.9 Å². The van der Waals surface area contributed by atoms with Crippen molar-refractivity contribution >= 4 is 18.1 Å². The molecular weight excluding hydrogens is 353 g/mol. The molecule has 132 valence electrons. The van der Waals surface area contributed by atoms with E-state index >= 15 is 0 Å². The van der Waals surface area contributed by atoms with E-state index in [0.717, 1.165) is 11.1 Å². The number of aromatic nitrogens is 1. The molecule has 0 saturated heterocycles. The summed E-state index contributed by atoms with van der Waals surface area (Å²) in [5, 5.41) is 9.04. The fraction of sp³-hybridized carbons (Fsp3) is 0.0476. The first-order chi connectivity index (χ1) is 12.1. The Hall–Kier alpha value is -2.98. The molecule has 3 nitrogen and oxygen atoms in total. The summed E-state index contributed by atoms with van der Waals surface area (Å²) < 4.78 is 15.6. The Morgan fingerprint density at radius 2 is 1.73 bits per heavy atom. The van der Waals surface area contributed by atoms with Crippen LogP contribution in [0.4, 0.5) is 4.39 Å². The molecule has 1 heterocycles. The number of carbonyl (C=O) groups is 1. The monoisotopic (exact) mass is 369 g/mol. The summed E-state index contributed by atoms with van der Waals surface area (Å²) in [4.78, 5) is 11.0. The molecule has 1 aromatic heterocycles. The van der Waals surface area contributed by atoms with E-state index in [-0.39, 0.29) is 23.8 Å². The van der Waals surface area contributed by atoms with Gasteiger partial charge in [-0.3, -0.25) is 0 Å². The highest BCUT2D eigenvalue weighted by atomic mass is 35.5. The highest BCUT2D eigenvalue weighted by Crippen LogP contribution is 2.11. The van der Waals surface area contributed by atoms with Gasteiger partial charge in [0.2, 0.25) is 0 Å². The van der Waals surface area contributed by atoms with E-state index in [4.69, 9.17) is 5.11 Å².